The van der Waals surface area contributed by atoms with Gasteiger partial charge in [0.1, 0.15) is 0 Å². The van der Waals surface area contributed by atoms with Crippen LogP contribution in [0.15, 0.2) is 40.5 Å². The van der Waals surface area contributed by atoms with E-state index in [-0.39, 0.29) is 0 Å². The average Bonchev–Trinajstić information content (AvgIpc) is 3.28. The largest absolute Gasteiger partial charge is 0.338 e. The van der Waals surface area contributed by atoms with Crippen LogP contribution in [0.1, 0.15) is 18.7 Å². The van der Waals surface area contributed by atoms with Crippen molar-refractivity contribution in [2.24, 2.45) is 0 Å². The topological polar surface area (TPSA) is 60.0 Å². The Labute approximate surface area is 132 Å². The minimum absolute atomic E-state index is 0.483. The zero-order chi connectivity index (χ0) is 14.8. The fourth-order valence-corrected chi connectivity index (χ4v) is 3.58. The van der Waals surface area contributed by atoms with Crippen molar-refractivity contribution in [1.82, 2.24) is 24.8 Å². The van der Waals surface area contributed by atoms with E-state index in [1.54, 1.807) is 11.3 Å². The first-order valence-electron chi connectivity index (χ1n) is 7.46. The van der Waals surface area contributed by atoms with E-state index in [9.17, 15) is 0 Å². The van der Waals surface area contributed by atoms with Crippen LogP contribution in [0.4, 0.5) is 0 Å². The van der Waals surface area contributed by atoms with Crippen molar-refractivity contribution in [2.45, 2.75) is 32.0 Å². The molecular formula is C15H17N5OS. The molecule has 0 spiro atoms. The Morgan fingerprint density at radius 1 is 1.36 bits per heavy atom. The molecule has 1 aliphatic heterocycles. The molecule has 4 heterocycles. The first-order valence-corrected chi connectivity index (χ1v) is 8.34. The highest BCUT2D eigenvalue weighted by Crippen LogP contribution is 2.24. The van der Waals surface area contributed by atoms with Gasteiger partial charge in [0, 0.05) is 18.4 Å². The number of hydrogen-bond donors (Lipinski definition) is 0. The highest BCUT2D eigenvalue weighted by atomic mass is 32.1. The number of hydrogen-bond acceptors (Lipinski definition) is 6. The van der Waals surface area contributed by atoms with Gasteiger partial charge in [0.05, 0.1) is 18.0 Å². The fourth-order valence-electron chi connectivity index (χ4n) is 2.93. The maximum atomic E-state index is 5.42. The molecule has 0 aromatic carbocycles. The van der Waals surface area contributed by atoms with E-state index in [0.29, 0.717) is 24.3 Å². The number of nitrogens with zero attached hydrogens (tertiary/aromatic N) is 5. The quantitative estimate of drug-likeness (QED) is 0.724. The van der Waals surface area contributed by atoms with Gasteiger partial charge in [-0.25, -0.2) is 0 Å². The third-order valence-corrected chi connectivity index (χ3v) is 4.87. The summed E-state index contributed by atoms with van der Waals surface area (Å²) in [5.41, 5.74) is 0. The van der Waals surface area contributed by atoms with Crippen molar-refractivity contribution in [3.05, 3.63) is 41.9 Å². The Bertz CT molecular complexity index is 706. The lowest BCUT2D eigenvalue weighted by Crippen LogP contribution is -2.32. The molecule has 0 amide bonds. The van der Waals surface area contributed by atoms with Crippen molar-refractivity contribution >= 4 is 11.3 Å². The Morgan fingerprint density at radius 2 is 2.36 bits per heavy atom. The van der Waals surface area contributed by atoms with Gasteiger partial charge in [-0.15, -0.1) is 11.3 Å². The van der Waals surface area contributed by atoms with Crippen LogP contribution in [0.5, 0.6) is 0 Å². The predicted molar refractivity (Wildman–Crippen MR) is 83.3 cm³/mol. The summed E-state index contributed by atoms with van der Waals surface area (Å²) in [6.45, 7) is 2.70. The SMILES string of the molecule is c1csc(-c2noc(CN3CCCC3Cn3cccn3)n2)c1. The second-order valence-electron chi connectivity index (χ2n) is 5.48. The van der Waals surface area contributed by atoms with Crippen LogP contribution in [-0.2, 0) is 13.1 Å². The molecule has 4 rings (SSSR count). The molecule has 1 aliphatic rings. The van der Waals surface area contributed by atoms with Gasteiger partial charge >= 0.3 is 0 Å². The highest BCUT2D eigenvalue weighted by Gasteiger charge is 2.26. The molecule has 1 unspecified atom stereocenters. The molecule has 1 atom stereocenters. The summed E-state index contributed by atoms with van der Waals surface area (Å²) in [5.74, 6) is 1.38. The Hall–Kier alpha value is -1.99. The van der Waals surface area contributed by atoms with Gasteiger partial charge in [0.2, 0.25) is 11.7 Å². The maximum absolute atomic E-state index is 5.42. The summed E-state index contributed by atoms with van der Waals surface area (Å²) in [7, 11) is 0. The van der Waals surface area contributed by atoms with Gasteiger partial charge in [0.15, 0.2) is 0 Å². The van der Waals surface area contributed by atoms with Crippen molar-refractivity contribution in [1.29, 1.82) is 0 Å². The van der Waals surface area contributed by atoms with Crippen LogP contribution >= 0.6 is 11.3 Å². The van der Waals surface area contributed by atoms with Crippen LogP contribution in [0.25, 0.3) is 10.7 Å². The standard InChI is InChI=1S/C15H17N5OS/c1-4-12(10-20-8-3-6-16-20)19(7-1)11-14-17-15(18-21-14)13-5-2-9-22-13/h2-3,5-6,8-9,12H,1,4,7,10-11H2. The minimum Gasteiger partial charge on any atom is -0.338 e. The lowest BCUT2D eigenvalue weighted by atomic mass is 10.2. The Balaban J connectivity index is 1.44. The second-order valence-corrected chi connectivity index (χ2v) is 6.43. The molecule has 0 aliphatic carbocycles. The number of thiophene rings is 1. The van der Waals surface area contributed by atoms with Crippen molar-refractivity contribution < 1.29 is 4.52 Å². The van der Waals surface area contributed by atoms with E-state index < -0.39 is 0 Å². The third-order valence-electron chi connectivity index (χ3n) is 4.00. The van der Waals surface area contributed by atoms with E-state index in [4.69, 9.17) is 4.52 Å². The van der Waals surface area contributed by atoms with Crippen LogP contribution < -0.4 is 0 Å². The Morgan fingerprint density at radius 3 is 3.18 bits per heavy atom. The van der Waals surface area contributed by atoms with Gasteiger partial charge in [-0.1, -0.05) is 11.2 Å². The van der Waals surface area contributed by atoms with Gasteiger partial charge in [-0.2, -0.15) is 10.1 Å². The molecule has 0 saturated carbocycles. The number of likely N-dealkylation sites (tertiary alicyclic amines) is 1. The lowest BCUT2D eigenvalue weighted by molar-refractivity contribution is 0.192. The molecule has 1 fully saturated rings. The second kappa shape index (κ2) is 6.02. The summed E-state index contributed by atoms with van der Waals surface area (Å²) >= 11 is 1.63. The first kappa shape index (κ1) is 13.7. The molecule has 0 N–H and O–H groups in total. The monoisotopic (exact) mass is 315 g/mol. The predicted octanol–water partition coefficient (Wildman–Crippen LogP) is 2.66. The van der Waals surface area contributed by atoms with Crippen LogP contribution in [0.3, 0.4) is 0 Å². The van der Waals surface area contributed by atoms with Gasteiger partial charge in [-0.3, -0.25) is 9.58 Å². The first-order chi connectivity index (χ1) is 10.9. The van der Waals surface area contributed by atoms with Crippen molar-refractivity contribution in [3.63, 3.8) is 0 Å². The Kier molecular flexibility index (Phi) is 3.74. The van der Waals surface area contributed by atoms with Crippen molar-refractivity contribution in [3.8, 4) is 10.7 Å². The van der Waals surface area contributed by atoms with E-state index in [0.717, 1.165) is 18.0 Å². The molecule has 6 nitrogen and oxygen atoms in total. The summed E-state index contributed by atoms with van der Waals surface area (Å²) in [5, 5.41) is 10.4. The van der Waals surface area contributed by atoms with E-state index in [2.05, 4.69) is 20.1 Å². The highest BCUT2D eigenvalue weighted by molar-refractivity contribution is 7.13. The molecule has 3 aromatic rings. The molecule has 0 radical (unpaired) electrons. The smallest absolute Gasteiger partial charge is 0.241 e. The summed E-state index contributed by atoms with van der Waals surface area (Å²) in [4.78, 5) is 7.97. The van der Waals surface area contributed by atoms with Crippen molar-refractivity contribution in [2.75, 3.05) is 6.54 Å². The van der Waals surface area contributed by atoms with E-state index in [1.165, 1.54) is 12.8 Å². The van der Waals surface area contributed by atoms with Gasteiger partial charge in [0.25, 0.3) is 0 Å². The molecule has 114 valence electrons. The summed E-state index contributed by atoms with van der Waals surface area (Å²) in [6, 6.07) is 6.45. The van der Waals surface area contributed by atoms with Crippen LogP contribution in [-0.4, -0.2) is 37.4 Å². The molecule has 0 bridgehead atoms. The molecular weight excluding hydrogens is 298 g/mol. The van der Waals surface area contributed by atoms with E-state index in [1.807, 2.05) is 40.7 Å². The third kappa shape index (κ3) is 2.82. The molecule has 1 saturated heterocycles. The van der Waals surface area contributed by atoms with Gasteiger partial charge < -0.3 is 4.52 Å². The molecule has 22 heavy (non-hydrogen) atoms. The molecule has 3 aromatic heterocycles. The summed E-state index contributed by atoms with van der Waals surface area (Å²) in [6.07, 6.45) is 6.23. The number of aromatic nitrogens is 4. The zero-order valence-electron chi connectivity index (χ0n) is 12.1. The minimum atomic E-state index is 0.483. The molecule has 7 heteroatoms. The zero-order valence-corrected chi connectivity index (χ0v) is 12.9. The average molecular weight is 315 g/mol. The maximum Gasteiger partial charge on any atom is 0.241 e. The summed E-state index contributed by atoms with van der Waals surface area (Å²) < 4.78 is 7.41. The fraction of sp³-hybridized carbons (Fsp3) is 0.400. The number of rotatable bonds is 5. The van der Waals surface area contributed by atoms with Gasteiger partial charge in [-0.05, 0) is 36.9 Å². The van der Waals surface area contributed by atoms with Crippen LogP contribution in [0, 0.1) is 0 Å². The van der Waals surface area contributed by atoms with Crippen LogP contribution in [0.2, 0.25) is 0 Å². The normalized spacial score (nSPS) is 19.0. The lowest BCUT2D eigenvalue weighted by Gasteiger charge is -2.22. The van der Waals surface area contributed by atoms with E-state index >= 15 is 0 Å².